The molecule has 0 amide bonds. The molecule has 0 spiro atoms. The Morgan fingerprint density at radius 1 is 1.00 bits per heavy atom. The number of carbonyl (C=O) groups is 2. The third kappa shape index (κ3) is 1.41. The van der Waals surface area contributed by atoms with Gasteiger partial charge >= 0.3 is 0 Å². The van der Waals surface area contributed by atoms with E-state index < -0.39 is 11.6 Å². The van der Waals surface area contributed by atoms with E-state index in [0.717, 1.165) is 10.8 Å². The molecule has 3 rings (SSSR count). The summed E-state index contributed by atoms with van der Waals surface area (Å²) < 4.78 is 0. The molecule has 1 aliphatic carbocycles. The fourth-order valence-corrected chi connectivity index (χ4v) is 2.37. The van der Waals surface area contributed by atoms with E-state index in [1.54, 1.807) is 12.1 Å². The lowest BCUT2D eigenvalue weighted by atomic mass is 9.92. The largest absolute Gasteiger partial charge is 0.286 e. The summed E-state index contributed by atoms with van der Waals surface area (Å²) in [5, 5.41) is 2.28. The van der Waals surface area contributed by atoms with Crippen LogP contribution < -0.4 is 0 Å². The molecule has 0 N–H and O–H groups in total. The fourth-order valence-electron chi connectivity index (χ4n) is 2.04. The molecule has 2 aromatic rings. The number of rotatable bonds is 0. The average Bonchev–Trinajstić information content (AvgIpc) is 2.35. The van der Waals surface area contributed by atoms with Crippen molar-refractivity contribution in [1.82, 2.24) is 0 Å². The highest BCUT2D eigenvalue weighted by molar-refractivity contribution is 6.51. The standard InChI is InChI=1S/C14H7ClO2/c15-13-9-4-2-1-3-8(9)7-11-10(13)5-6-12(16)14(11)17/h1-7H. The predicted molar refractivity (Wildman–Crippen MR) is 67.3 cm³/mol. The summed E-state index contributed by atoms with van der Waals surface area (Å²) in [5.74, 6) is -0.987. The highest BCUT2D eigenvalue weighted by Gasteiger charge is 2.23. The number of allylic oxidation sites excluding steroid dienone is 1. The first-order chi connectivity index (χ1) is 8.18. The van der Waals surface area contributed by atoms with Crippen LogP contribution in [-0.4, -0.2) is 11.6 Å². The Morgan fingerprint density at radius 3 is 2.59 bits per heavy atom. The Balaban J connectivity index is 2.45. The molecule has 17 heavy (non-hydrogen) atoms. The molecule has 1 aliphatic rings. The van der Waals surface area contributed by atoms with Crippen LogP contribution in [0, 0.1) is 0 Å². The molecule has 0 bridgehead atoms. The Hall–Kier alpha value is -1.93. The van der Waals surface area contributed by atoms with Crippen LogP contribution in [0.5, 0.6) is 0 Å². The number of carbonyl (C=O) groups excluding carboxylic acids is 2. The third-order valence-electron chi connectivity index (χ3n) is 2.89. The summed E-state index contributed by atoms with van der Waals surface area (Å²) in [7, 11) is 0. The lowest BCUT2D eigenvalue weighted by Crippen LogP contribution is -2.16. The Labute approximate surface area is 103 Å². The van der Waals surface area contributed by atoms with E-state index in [0.29, 0.717) is 16.1 Å². The Bertz CT molecular complexity index is 699. The average molecular weight is 243 g/mol. The maximum atomic E-state index is 11.8. The molecule has 3 heteroatoms. The Kier molecular flexibility index (Phi) is 2.13. The molecule has 0 saturated heterocycles. The Morgan fingerprint density at radius 2 is 1.76 bits per heavy atom. The van der Waals surface area contributed by atoms with Crippen LogP contribution in [0.15, 0.2) is 36.4 Å². The van der Waals surface area contributed by atoms with E-state index in [1.165, 1.54) is 6.08 Å². The second-order valence-electron chi connectivity index (χ2n) is 3.90. The highest BCUT2D eigenvalue weighted by atomic mass is 35.5. The van der Waals surface area contributed by atoms with Crippen molar-refractivity contribution < 1.29 is 9.59 Å². The first-order valence-electron chi connectivity index (χ1n) is 5.16. The lowest BCUT2D eigenvalue weighted by Gasteiger charge is -2.12. The molecule has 0 heterocycles. The molecule has 0 aromatic heterocycles. The van der Waals surface area contributed by atoms with Crippen molar-refractivity contribution in [1.29, 1.82) is 0 Å². The van der Waals surface area contributed by atoms with Crippen LogP contribution in [0.25, 0.3) is 16.8 Å². The molecule has 0 saturated carbocycles. The van der Waals surface area contributed by atoms with Gasteiger partial charge in [0, 0.05) is 16.5 Å². The van der Waals surface area contributed by atoms with Crippen molar-refractivity contribution >= 4 is 40.0 Å². The SMILES string of the molecule is O=C1C=Cc2c(cc3ccccc3c2Cl)C1=O. The zero-order chi connectivity index (χ0) is 12.0. The quantitative estimate of drug-likeness (QED) is 0.665. The van der Waals surface area contributed by atoms with E-state index in [4.69, 9.17) is 11.6 Å². The summed E-state index contributed by atoms with van der Waals surface area (Å²) in [4.78, 5) is 23.1. The zero-order valence-electron chi connectivity index (χ0n) is 8.74. The molecule has 0 fully saturated rings. The van der Waals surface area contributed by atoms with Gasteiger partial charge in [-0.3, -0.25) is 9.59 Å². The maximum absolute atomic E-state index is 11.8. The molecule has 0 unspecified atom stereocenters. The van der Waals surface area contributed by atoms with Gasteiger partial charge in [-0.2, -0.15) is 0 Å². The minimum atomic E-state index is -0.496. The van der Waals surface area contributed by atoms with Crippen LogP contribution in [-0.2, 0) is 4.79 Å². The number of hydrogen-bond donors (Lipinski definition) is 0. The van der Waals surface area contributed by atoms with Gasteiger partial charge in [0.25, 0.3) is 0 Å². The first-order valence-corrected chi connectivity index (χ1v) is 5.54. The second kappa shape index (κ2) is 3.54. The van der Waals surface area contributed by atoms with Crippen LogP contribution >= 0.6 is 11.6 Å². The molecule has 82 valence electrons. The first kappa shape index (κ1) is 10.2. The smallest absolute Gasteiger partial charge is 0.233 e. The minimum Gasteiger partial charge on any atom is -0.286 e. The minimum absolute atomic E-state index is 0.390. The van der Waals surface area contributed by atoms with Gasteiger partial charge in [0.15, 0.2) is 0 Å². The third-order valence-corrected chi connectivity index (χ3v) is 3.30. The van der Waals surface area contributed by atoms with Crippen molar-refractivity contribution in [2.75, 3.05) is 0 Å². The zero-order valence-corrected chi connectivity index (χ0v) is 9.49. The van der Waals surface area contributed by atoms with Crippen LogP contribution in [0.4, 0.5) is 0 Å². The van der Waals surface area contributed by atoms with Gasteiger partial charge in [-0.1, -0.05) is 35.9 Å². The van der Waals surface area contributed by atoms with Crippen molar-refractivity contribution in [3.05, 3.63) is 52.6 Å². The van der Waals surface area contributed by atoms with Crippen molar-refractivity contribution in [3.8, 4) is 0 Å². The molecular formula is C14H7ClO2. The van der Waals surface area contributed by atoms with Gasteiger partial charge in [0.05, 0.1) is 5.02 Å². The van der Waals surface area contributed by atoms with Gasteiger partial charge in [0.1, 0.15) is 0 Å². The molecule has 2 aromatic carbocycles. The fraction of sp³-hybridized carbons (Fsp3) is 0. The number of Topliss-reactive ketones (excluding diaryl/α,β-unsaturated/α-hetero) is 1. The molecule has 2 nitrogen and oxygen atoms in total. The monoisotopic (exact) mass is 242 g/mol. The number of benzene rings is 2. The van der Waals surface area contributed by atoms with Crippen LogP contribution in [0.2, 0.25) is 5.02 Å². The normalized spacial score (nSPS) is 14.2. The molecule has 0 aliphatic heterocycles. The van der Waals surface area contributed by atoms with E-state index >= 15 is 0 Å². The number of ketones is 2. The lowest BCUT2D eigenvalue weighted by molar-refractivity contribution is -0.110. The molecular weight excluding hydrogens is 236 g/mol. The van der Waals surface area contributed by atoms with Crippen molar-refractivity contribution in [2.45, 2.75) is 0 Å². The summed E-state index contributed by atoms with van der Waals surface area (Å²) in [6.45, 7) is 0. The number of halogens is 1. The van der Waals surface area contributed by atoms with Crippen molar-refractivity contribution in [2.24, 2.45) is 0 Å². The van der Waals surface area contributed by atoms with Crippen LogP contribution in [0.3, 0.4) is 0 Å². The van der Waals surface area contributed by atoms with E-state index in [1.807, 2.05) is 24.3 Å². The van der Waals surface area contributed by atoms with Gasteiger partial charge < -0.3 is 0 Å². The molecule has 0 radical (unpaired) electrons. The summed E-state index contributed by atoms with van der Waals surface area (Å²) in [6.07, 6.45) is 2.87. The predicted octanol–water partition coefficient (Wildman–Crippen LogP) is 3.27. The number of fused-ring (bicyclic) bond motifs is 2. The second-order valence-corrected chi connectivity index (χ2v) is 4.28. The number of hydrogen-bond acceptors (Lipinski definition) is 2. The topological polar surface area (TPSA) is 34.1 Å². The van der Waals surface area contributed by atoms with Gasteiger partial charge in [-0.05, 0) is 23.6 Å². The van der Waals surface area contributed by atoms with Gasteiger partial charge in [-0.15, -0.1) is 0 Å². The maximum Gasteiger partial charge on any atom is 0.233 e. The van der Waals surface area contributed by atoms with Crippen LogP contribution in [0.1, 0.15) is 15.9 Å². The highest BCUT2D eigenvalue weighted by Crippen LogP contribution is 2.33. The summed E-state index contributed by atoms with van der Waals surface area (Å²) >= 11 is 6.26. The van der Waals surface area contributed by atoms with Gasteiger partial charge in [0.2, 0.25) is 11.6 Å². The van der Waals surface area contributed by atoms with Gasteiger partial charge in [-0.25, -0.2) is 0 Å². The van der Waals surface area contributed by atoms with E-state index in [9.17, 15) is 9.59 Å². The van der Waals surface area contributed by atoms with Crippen molar-refractivity contribution in [3.63, 3.8) is 0 Å². The van der Waals surface area contributed by atoms with E-state index in [-0.39, 0.29) is 0 Å². The molecule has 0 atom stereocenters. The van der Waals surface area contributed by atoms with E-state index in [2.05, 4.69) is 0 Å². The summed E-state index contributed by atoms with van der Waals surface area (Å²) in [5.41, 5.74) is 1.02. The summed E-state index contributed by atoms with van der Waals surface area (Å²) in [6, 6.07) is 9.25.